The van der Waals surface area contributed by atoms with E-state index in [2.05, 4.69) is 10.1 Å². The van der Waals surface area contributed by atoms with Gasteiger partial charge in [-0.1, -0.05) is 77.8 Å². The van der Waals surface area contributed by atoms with Crippen molar-refractivity contribution in [1.82, 2.24) is 10.1 Å². The molecule has 11 nitrogen and oxygen atoms in total. The van der Waals surface area contributed by atoms with Crippen LogP contribution in [-0.2, 0) is 22.2 Å². The molecule has 1 saturated heterocycles. The molecule has 0 radical (unpaired) electrons. The number of alkyl halides is 3. The van der Waals surface area contributed by atoms with Gasteiger partial charge in [0.1, 0.15) is 22.8 Å². The molecule has 3 N–H and O–H groups in total. The number of carbonyl (C=O) groups excluding carboxylic acids is 2. The number of hydrogen-bond acceptors (Lipinski definition) is 11. The third-order valence-corrected chi connectivity index (χ3v) is 17.7. The van der Waals surface area contributed by atoms with Gasteiger partial charge in [0.15, 0.2) is 19.7 Å². The van der Waals surface area contributed by atoms with Crippen LogP contribution in [0, 0.1) is 11.8 Å². The minimum atomic E-state index is -5.08. The predicted octanol–water partition coefficient (Wildman–Crippen LogP) is 9.96. The van der Waals surface area contributed by atoms with Gasteiger partial charge in [-0.3, -0.25) is 14.5 Å². The monoisotopic (exact) mass is 853 g/mol. The van der Waals surface area contributed by atoms with Crippen molar-refractivity contribution in [3.8, 4) is 17.4 Å². The van der Waals surface area contributed by atoms with Gasteiger partial charge in [-0.05, 0) is 85.9 Å². The van der Waals surface area contributed by atoms with Crippen molar-refractivity contribution < 1.29 is 51.0 Å². The average Bonchev–Trinajstić information content (AvgIpc) is 3.82. The number of rotatable bonds is 14. The van der Waals surface area contributed by atoms with Crippen LogP contribution in [0.25, 0.3) is 5.76 Å². The lowest BCUT2D eigenvalue weighted by Crippen LogP contribution is -2.68. The first-order valence-electron chi connectivity index (χ1n) is 21.3. The Balaban J connectivity index is 1.43. The summed E-state index contributed by atoms with van der Waals surface area (Å²) in [5.41, 5.74) is 5.97. The van der Waals surface area contributed by atoms with Crippen molar-refractivity contribution in [1.29, 1.82) is 0 Å². The van der Waals surface area contributed by atoms with Gasteiger partial charge in [0.05, 0.1) is 24.8 Å². The number of carbonyl (C=O) groups is 2. The van der Waals surface area contributed by atoms with E-state index in [1.807, 2.05) is 78.0 Å². The molecule has 3 aromatic rings. The topological polar surface area (TPSA) is 147 Å². The minimum absolute atomic E-state index is 0.00351. The molecule has 2 fully saturated rings. The van der Waals surface area contributed by atoms with Crippen molar-refractivity contribution >= 4 is 25.6 Å². The van der Waals surface area contributed by atoms with E-state index in [1.165, 1.54) is 0 Å². The number of benzene rings is 2. The van der Waals surface area contributed by atoms with E-state index in [1.54, 1.807) is 6.07 Å². The zero-order chi connectivity index (χ0) is 43.4. The number of nitrogens with two attached hydrogens (primary N) is 1. The molecule has 0 bridgehead atoms. The Bertz CT molecular complexity index is 2130. The predicted molar refractivity (Wildman–Crippen MR) is 221 cm³/mol. The van der Waals surface area contributed by atoms with Crippen LogP contribution in [0.1, 0.15) is 130 Å². The summed E-state index contributed by atoms with van der Waals surface area (Å²) in [6.45, 7) is 15.4. The lowest BCUT2D eigenvalue weighted by atomic mass is 9.57. The highest BCUT2D eigenvalue weighted by Crippen LogP contribution is 2.59. The second kappa shape index (κ2) is 16.6. The van der Waals surface area contributed by atoms with Crippen molar-refractivity contribution in [3.05, 3.63) is 75.5 Å². The Morgan fingerprint density at radius 1 is 1.02 bits per heavy atom. The Labute approximate surface area is 350 Å². The van der Waals surface area contributed by atoms with E-state index in [4.69, 9.17) is 28.9 Å². The van der Waals surface area contributed by atoms with Gasteiger partial charge >= 0.3 is 6.36 Å². The number of Topliss-reactive ketones (excluding diaryl/α,β-unsaturated/α-hetero) is 2. The third kappa shape index (κ3) is 7.79. The molecule has 3 aliphatic carbocycles. The normalized spacial score (nSPS) is 24.5. The van der Waals surface area contributed by atoms with Crippen molar-refractivity contribution in [2.75, 3.05) is 19.8 Å². The third-order valence-electron chi connectivity index (χ3n) is 13.2. The summed E-state index contributed by atoms with van der Waals surface area (Å²) < 4.78 is 73.9. The number of fused-ring (bicyclic) bond motifs is 4. The SMILES string of the molecule is CCCCOc1cc(C2CCCN2Cc2ccccc2)c(OC(F)(F)F)c2c1C(O)=C1C(=O)[C@]3(O[Si](C)(C)C(C)(C)C)C(=O)c4c(OCCCC)noc4[C@@H](N)[C@@H]3C[C@@H]1C2. The standard InChI is InChI=1S/C45H58F3N3O8Si/c1-8-10-20-55-32-24-28(31-18-15-19-51(31)25-26-16-13-12-14-17-26)38(57-45(46,47)48)29-22-27-23-30-36(49)39-35(42(50-58-39)56-21-11-9-2)41(54)44(30,59-60(6,7)43(3,4)5)40(53)33(27)37(52)34(29)32/h12-14,16-17,24,27,30-31,36,52H,8-11,15,18-23,25,49H2,1-7H3/t27-,30-,31?,36-,44-/m0/s1. The molecular formula is C45H58F3N3O8Si. The number of ketones is 2. The second-order valence-electron chi connectivity index (χ2n) is 18.2. The van der Waals surface area contributed by atoms with Gasteiger partial charge in [0.2, 0.25) is 11.6 Å². The Hall–Kier alpha value is -4.18. The maximum atomic E-state index is 15.6. The second-order valence-corrected chi connectivity index (χ2v) is 23.0. The van der Waals surface area contributed by atoms with Crippen molar-refractivity contribution in [2.24, 2.45) is 17.6 Å². The smallest absolute Gasteiger partial charge is 0.507 e. The molecule has 1 unspecified atom stereocenters. The zero-order valence-electron chi connectivity index (χ0n) is 35.7. The molecule has 7 rings (SSSR count). The number of likely N-dealkylation sites (tertiary alicyclic amines) is 1. The summed E-state index contributed by atoms with van der Waals surface area (Å²) in [6.07, 6.45) is -0.991. The number of hydrogen-bond donors (Lipinski definition) is 2. The van der Waals surface area contributed by atoms with E-state index in [9.17, 15) is 18.3 Å². The fraction of sp³-hybridized carbons (Fsp3) is 0.578. The van der Waals surface area contributed by atoms with Gasteiger partial charge in [-0.2, -0.15) is 0 Å². The largest absolute Gasteiger partial charge is 0.573 e. The Kier molecular flexibility index (Phi) is 12.1. The average molecular weight is 854 g/mol. The van der Waals surface area contributed by atoms with Crippen molar-refractivity contribution in [2.45, 2.75) is 135 Å². The number of nitrogens with zero attached hydrogens (tertiary/aromatic N) is 2. The molecule has 1 aromatic heterocycles. The number of aromatic nitrogens is 1. The van der Waals surface area contributed by atoms with Gasteiger partial charge in [-0.15, -0.1) is 13.2 Å². The summed E-state index contributed by atoms with van der Waals surface area (Å²) in [5.74, 6) is -4.24. The van der Waals surface area contributed by atoms with E-state index in [0.29, 0.717) is 37.9 Å². The zero-order valence-corrected chi connectivity index (χ0v) is 36.7. The summed E-state index contributed by atoms with van der Waals surface area (Å²) in [7, 11) is -3.02. The highest BCUT2D eigenvalue weighted by molar-refractivity contribution is 6.74. The molecule has 2 aromatic carbocycles. The molecule has 326 valence electrons. The molecule has 15 heteroatoms. The van der Waals surface area contributed by atoms with Gasteiger partial charge < -0.3 is 34.0 Å². The molecule has 1 saturated carbocycles. The maximum Gasteiger partial charge on any atom is 0.573 e. The quantitative estimate of drug-likeness (QED) is 0.0908. The number of unbranched alkanes of at least 4 members (excludes halogenated alkanes) is 2. The molecule has 0 amide bonds. The first kappa shape index (κ1) is 43.9. The van der Waals surface area contributed by atoms with Gasteiger partial charge in [-0.25, -0.2) is 0 Å². The fourth-order valence-corrected chi connectivity index (χ4v) is 10.6. The summed E-state index contributed by atoms with van der Waals surface area (Å²) in [6, 6.07) is 9.74. The molecule has 5 atom stereocenters. The van der Waals surface area contributed by atoms with Crippen LogP contribution in [0.3, 0.4) is 0 Å². The van der Waals surface area contributed by atoms with Gasteiger partial charge in [0.25, 0.3) is 5.88 Å². The highest BCUT2D eigenvalue weighted by atomic mass is 28.4. The number of aliphatic hydroxyl groups excluding tert-OH is 1. The first-order valence-corrected chi connectivity index (χ1v) is 24.2. The van der Waals surface area contributed by atoms with Crippen LogP contribution in [0.5, 0.6) is 17.4 Å². The lowest BCUT2D eigenvalue weighted by Gasteiger charge is -2.53. The number of aliphatic hydroxyl groups is 1. The maximum absolute atomic E-state index is 15.6. The summed E-state index contributed by atoms with van der Waals surface area (Å²) in [4.78, 5) is 33.0. The Morgan fingerprint density at radius 3 is 2.35 bits per heavy atom. The van der Waals surface area contributed by atoms with Crippen LogP contribution in [-0.4, -0.2) is 66.8 Å². The number of halogens is 3. The minimum Gasteiger partial charge on any atom is -0.507 e. The summed E-state index contributed by atoms with van der Waals surface area (Å²) in [5, 5.41) is 16.2. The van der Waals surface area contributed by atoms with E-state index in [0.717, 1.165) is 24.8 Å². The fourth-order valence-electron chi connectivity index (χ4n) is 9.19. The lowest BCUT2D eigenvalue weighted by molar-refractivity contribution is -0.275. The molecule has 60 heavy (non-hydrogen) atoms. The van der Waals surface area contributed by atoms with E-state index >= 15 is 9.59 Å². The van der Waals surface area contributed by atoms with Gasteiger partial charge in [0, 0.05) is 35.2 Å². The summed E-state index contributed by atoms with van der Waals surface area (Å²) >= 11 is 0. The molecular weight excluding hydrogens is 796 g/mol. The van der Waals surface area contributed by atoms with Crippen LogP contribution in [0.4, 0.5) is 13.2 Å². The van der Waals surface area contributed by atoms with Crippen LogP contribution in [0.15, 0.2) is 46.5 Å². The molecule has 1 aliphatic heterocycles. The van der Waals surface area contributed by atoms with Crippen LogP contribution >= 0.6 is 0 Å². The van der Waals surface area contributed by atoms with E-state index < -0.39 is 72.3 Å². The van der Waals surface area contributed by atoms with Crippen LogP contribution < -0.4 is 19.9 Å². The number of ether oxygens (including phenoxy) is 3. The first-order chi connectivity index (χ1) is 28.3. The van der Waals surface area contributed by atoms with Crippen LogP contribution in [0.2, 0.25) is 18.1 Å². The molecule has 4 aliphatic rings. The molecule has 0 spiro atoms. The van der Waals surface area contributed by atoms with E-state index in [-0.39, 0.29) is 65.7 Å². The highest BCUT2D eigenvalue weighted by Gasteiger charge is 2.68. The van der Waals surface area contributed by atoms with Crippen molar-refractivity contribution in [3.63, 3.8) is 0 Å². The Morgan fingerprint density at radius 2 is 1.70 bits per heavy atom. The molecule has 2 heterocycles.